The van der Waals surface area contributed by atoms with Crippen LogP contribution in [0.3, 0.4) is 0 Å². The Morgan fingerprint density at radius 1 is 1.38 bits per heavy atom. The number of oxime groups is 1. The van der Waals surface area contributed by atoms with Crippen LogP contribution in [0.2, 0.25) is 0 Å². The molecule has 7 nitrogen and oxygen atoms in total. The van der Waals surface area contributed by atoms with E-state index in [-0.39, 0.29) is 17.8 Å². The predicted octanol–water partition coefficient (Wildman–Crippen LogP) is 1.27. The molecule has 1 aromatic heterocycles. The second kappa shape index (κ2) is 5.38. The van der Waals surface area contributed by atoms with Crippen molar-refractivity contribution in [3.63, 3.8) is 0 Å². The van der Waals surface area contributed by atoms with Crippen LogP contribution in [0.1, 0.15) is 12.1 Å². The Morgan fingerprint density at radius 3 is 2.57 bits per heavy atom. The molecular weight excluding hydrogens is 295 g/mol. The van der Waals surface area contributed by atoms with Crippen LogP contribution in [0.15, 0.2) is 23.5 Å². The fourth-order valence-electron chi connectivity index (χ4n) is 1.50. The SMILES string of the molecule is O=C(O)C1=NOC(C(=O)Nc2ccc(C(F)(F)F)nc2)C1. The highest BCUT2D eigenvalue weighted by molar-refractivity contribution is 6.36. The first-order valence-electron chi connectivity index (χ1n) is 5.57. The maximum absolute atomic E-state index is 12.3. The van der Waals surface area contributed by atoms with E-state index in [0.717, 1.165) is 12.3 Å². The van der Waals surface area contributed by atoms with Gasteiger partial charge in [0.15, 0.2) is 5.71 Å². The topological polar surface area (TPSA) is 101 Å². The highest BCUT2D eigenvalue weighted by Crippen LogP contribution is 2.27. The van der Waals surface area contributed by atoms with Gasteiger partial charge in [-0.25, -0.2) is 9.78 Å². The van der Waals surface area contributed by atoms with Crippen molar-refractivity contribution in [2.45, 2.75) is 18.7 Å². The van der Waals surface area contributed by atoms with Gasteiger partial charge >= 0.3 is 12.1 Å². The first kappa shape index (κ1) is 14.8. The maximum Gasteiger partial charge on any atom is 0.433 e. The highest BCUT2D eigenvalue weighted by atomic mass is 19.4. The van der Waals surface area contributed by atoms with Crippen LogP contribution in [0, 0.1) is 0 Å². The molecule has 112 valence electrons. The molecule has 0 saturated heterocycles. The van der Waals surface area contributed by atoms with Crippen LogP contribution in [-0.4, -0.2) is 33.8 Å². The Hall–Kier alpha value is -2.65. The Labute approximate surface area is 115 Å². The molecule has 1 amide bonds. The summed E-state index contributed by atoms with van der Waals surface area (Å²) in [5.41, 5.74) is -1.37. The molecule has 0 fully saturated rings. The zero-order valence-electron chi connectivity index (χ0n) is 10.2. The van der Waals surface area contributed by atoms with Gasteiger partial charge in [-0.15, -0.1) is 0 Å². The molecule has 0 saturated carbocycles. The van der Waals surface area contributed by atoms with Crippen LogP contribution < -0.4 is 5.32 Å². The summed E-state index contributed by atoms with van der Waals surface area (Å²) in [5, 5.41) is 14.1. The summed E-state index contributed by atoms with van der Waals surface area (Å²) in [6.45, 7) is 0. The van der Waals surface area contributed by atoms with E-state index in [1.165, 1.54) is 0 Å². The van der Waals surface area contributed by atoms with Crippen LogP contribution >= 0.6 is 0 Å². The van der Waals surface area contributed by atoms with E-state index in [4.69, 9.17) is 5.11 Å². The van der Waals surface area contributed by atoms with E-state index in [1.54, 1.807) is 0 Å². The third kappa shape index (κ3) is 3.46. The minimum atomic E-state index is -4.57. The Kier molecular flexibility index (Phi) is 3.78. The second-order valence-electron chi connectivity index (χ2n) is 4.06. The van der Waals surface area contributed by atoms with Gasteiger partial charge in [0.25, 0.3) is 5.91 Å². The summed E-state index contributed by atoms with van der Waals surface area (Å²) in [5.74, 6) is -2.03. The number of pyridine rings is 1. The van der Waals surface area contributed by atoms with Crippen molar-refractivity contribution in [2.24, 2.45) is 5.16 Å². The number of carboxylic acids is 1. The lowest BCUT2D eigenvalue weighted by Crippen LogP contribution is -2.29. The minimum Gasteiger partial charge on any atom is -0.477 e. The summed E-state index contributed by atoms with van der Waals surface area (Å²) < 4.78 is 36.9. The van der Waals surface area contributed by atoms with Gasteiger partial charge in [0.2, 0.25) is 6.10 Å². The first-order valence-corrected chi connectivity index (χ1v) is 5.57. The first-order chi connectivity index (χ1) is 9.77. The molecule has 2 heterocycles. The number of aromatic nitrogens is 1. The van der Waals surface area contributed by atoms with Crippen molar-refractivity contribution in [1.29, 1.82) is 0 Å². The molecule has 1 aliphatic rings. The molecule has 0 bridgehead atoms. The fraction of sp³-hybridized carbons (Fsp3) is 0.273. The number of amides is 1. The number of nitrogens with one attached hydrogen (secondary N) is 1. The number of halogens is 3. The number of alkyl halides is 3. The average Bonchev–Trinajstić information content (AvgIpc) is 2.88. The van der Waals surface area contributed by atoms with Gasteiger partial charge in [0, 0.05) is 6.42 Å². The second-order valence-corrected chi connectivity index (χ2v) is 4.06. The number of carbonyl (C=O) groups excluding carboxylic acids is 1. The van der Waals surface area contributed by atoms with Crippen molar-refractivity contribution in [1.82, 2.24) is 4.98 Å². The largest absolute Gasteiger partial charge is 0.477 e. The third-order valence-electron chi connectivity index (χ3n) is 2.53. The molecule has 10 heteroatoms. The van der Waals surface area contributed by atoms with E-state index in [0.29, 0.717) is 6.07 Å². The monoisotopic (exact) mass is 303 g/mol. The quantitative estimate of drug-likeness (QED) is 0.875. The van der Waals surface area contributed by atoms with Crippen molar-refractivity contribution < 1.29 is 32.7 Å². The van der Waals surface area contributed by atoms with Crippen molar-refractivity contribution in [2.75, 3.05) is 5.32 Å². The predicted molar refractivity (Wildman–Crippen MR) is 62.4 cm³/mol. The van der Waals surface area contributed by atoms with Gasteiger partial charge in [-0.3, -0.25) is 4.79 Å². The Morgan fingerprint density at radius 2 is 2.10 bits per heavy atom. The van der Waals surface area contributed by atoms with E-state index < -0.39 is 29.9 Å². The van der Waals surface area contributed by atoms with E-state index >= 15 is 0 Å². The number of carbonyl (C=O) groups is 2. The molecule has 0 spiro atoms. The number of hydrogen-bond donors (Lipinski definition) is 2. The van der Waals surface area contributed by atoms with Crippen LogP contribution in [0.25, 0.3) is 0 Å². The molecule has 0 aliphatic carbocycles. The number of carboxylic acid groups (broad SMARTS) is 1. The third-order valence-corrected chi connectivity index (χ3v) is 2.53. The van der Waals surface area contributed by atoms with Gasteiger partial charge in [-0.05, 0) is 12.1 Å². The van der Waals surface area contributed by atoms with Crippen molar-refractivity contribution >= 4 is 23.3 Å². The molecule has 1 aromatic rings. The number of nitrogens with zero attached hydrogens (tertiary/aromatic N) is 2. The zero-order chi connectivity index (χ0) is 15.6. The summed E-state index contributed by atoms with van der Waals surface area (Å²) in [6.07, 6.45) is -5.09. The minimum absolute atomic E-state index is 0.0281. The van der Waals surface area contributed by atoms with Crippen LogP contribution in [-0.2, 0) is 20.6 Å². The standard InChI is InChI=1S/C11H8F3N3O4/c12-11(13,14)8-2-1-5(4-15-8)16-9(18)7-3-6(10(19)20)17-21-7/h1-2,4,7H,3H2,(H,16,18)(H,19,20). The molecule has 2 rings (SSSR count). The summed E-state index contributed by atoms with van der Waals surface area (Å²) in [6, 6.07) is 1.74. The number of hydrogen-bond acceptors (Lipinski definition) is 5. The molecule has 2 N–H and O–H groups in total. The smallest absolute Gasteiger partial charge is 0.433 e. The normalized spacial score (nSPS) is 17.9. The summed E-state index contributed by atoms with van der Waals surface area (Å²) in [4.78, 5) is 30.1. The average molecular weight is 303 g/mol. The molecule has 0 aromatic carbocycles. The van der Waals surface area contributed by atoms with Gasteiger partial charge in [-0.2, -0.15) is 13.2 Å². The van der Waals surface area contributed by atoms with Crippen molar-refractivity contribution in [3.8, 4) is 0 Å². The number of rotatable bonds is 3. The van der Waals surface area contributed by atoms with Gasteiger partial charge in [0.1, 0.15) is 5.69 Å². The summed E-state index contributed by atoms with van der Waals surface area (Å²) in [7, 11) is 0. The lowest BCUT2D eigenvalue weighted by Gasteiger charge is -2.10. The molecule has 21 heavy (non-hydrogen) atoms. The molecular formula is C11H8F3N3O4. The van der Waals surface area contributed by atoms with E-state index in [2.05, 4.69) is 20.3 Å². The molecule has 1 aliphatic heterocycles. The van der Waals surface area contributed by atoms with Crippen molar-refractivity contribution in [3.05, 3.63) is 24.0 Å². The van der Waals surface area contributed by atoms with Crippen LogP contribution in [0.4, 0.5) is 18.9 Å². The maximum atomic E-state index is 12.3. The van der Waals surface area contributed by atoms with Crippen LogP contribution in [0.5, 0.6) is 0 Å². The molecule has 1 atom stereocenters. The zero-order valence-corrected chi connectivity index (χ0v) is 10.2. The Balaban J connectivity index is 1.97. The fourth-order valence-corrected chi connectivity index (χ4v) is 1.50. The number of anilines is 1. The van der Waals surface area contributed by atoms with Gasteiger partial charge in [0.05, 0.1) is 11.9 Å². The van der Waals surface area contributed by atoms with Gasteiger partial charge in [-0.1, -0.05) is 5.16 Å². The lowest BCUT2D eigenvalue weighted by molar-refractivity contribution is -0.141. The highest BCUT2D eigenvalue weighted by Gasteiger charge is 2.33. The Bertz CT molecular complexity index is 598. The number of aliphatic carboxylic acids is 1. The van der Waals surface area contributed by atoms with E-state index in [9.17, 15) is 22.8 Å². The molecule has 0 radical (unpaired) electrons. The summed E-state index contributed by atoms with van der Waals surface area (Å²) >= 11 is 0. The van der Waals surface area contributed by atoms with Gasteiger partial charge < -0.3 is 15.3 Å². The lowest BCUT2D eigenvalue weighted by atomic mass is 10.1. The molecule has 1 unspecified atom stereocenters. The van der Waals surface area contributed by atoms with E-state index in [1.807, 2.05) is 0 Å².